The van der Waals surface area contributed by atoms with Crippen LogP contribution >= 0.6 is 11.3 Å². The number of rotatable bonds is 3. The lowest BCUT2D eigenvalue weighted by Crippen LogP contribution is -2.53. The number of carbonyl (C=O) groups excluding carboxylic acids is 2. The standard InChI is InChI=1S/C22H23N3O2S/c1-11-18(15-6-5-13-3-2-4-14(13)9-15)23-21(28-11)24-20(27)22-10-12-7-16(17(22)8-12)19(26)25-22/h5-6,9,12,16-17H,2-4,7-8,10H2,1H3,(H,25,26)(H,23,24,27). The zero-order chi connectivity index (χ0) is 19.0. The zero-order valence-electron chi connectivity index (χ0n) is 15.9. The van der Waals surface area contributed by atoms with E-state index in [9.17, 15) is 9.59 Å². The van der Waals surface area contributed by atoms with Gasteiger partial charge in [0.25, 0.3) is 5.91 Å². The van der Waals surface area contributed by atoms with E-state index in [1.807, 2.05) is 0 Å². The summed E-state index contributed by atoms with van der Waals surface area (Å²) in [7, 11) is 0. The predicted octanol–water partition coefficient (Wildman–Crippen LogP) is 3.46. The first-order valence-electron chi connectivity index (χ1n) is 10.3. The lowest BCUT2D eigenvalue weighted by Gasteiger charge is -2.30. The Morgan fingerprint density at radius 2 is 2.14 bits per heavy atom. The summed E-state index contributed by atoms with van der Waals surface area (Å²) in [5.74, 6) is 0.672. The van der Waals surface area contributed by atoms with E-state index in [1.165, 1.54) is 35.3 Å². The number of anilines is 1. The van der Waals surface area contributed by atoms with Gasteiger partial charge in [0.1, 0.15) is 5.54 Å². The van der Waals surface area contributed by atoms with Crippen molar-refractivity contribution in [2.75, 3.05) is 5.32 Å². The molecule has 4 aliphatic rings. The van der Waals surface area contributed by atoms with Crippen molar-refractivity contribution >= 4 is 28.3 Å². The summed E-state index contributed by atoms with van der Waals surface area (Å²) in [4.78, 5) is 31.3. The van der Waals surface area contributed by atoms with Gasteiger partial charge in [0.05, 0.1) is 5.69 Å². The minimum absolute atomic E-state index is 0.0319. The monoisotopic (exact) mass is 393 g/mol. The van der Waals surface area contributed by atoms with Gasteiger partial charge in [-0.25, -0.2) is 4.98 Å². The average Bonchev–Trinajstić information content (AvgIpc) is 3.44. The summed E-state index contributed by atoms with van der Waals surface area (Å²) in [6, 6.07) is 6.62. The second-order valence-electron chi connectivity index (χ2n) is 8.93. The molecule has 2 aromatic rings. The summed E-state index contributed by atoms with van der Waals surface area (Å²) < 4.78 is 0. The molecule has 1 aromatic carbocycles. The number of aromatic nitrogens is 1. The number of fused-ring (bicyclic) bond motifs is 2. The van der Waals surface area contributed by atoms with Crippen LogP contribution in [0.25, 0.3) is 11.3 Å². The zero-order valence-corrected chi connectivity index (χ0v) is 16.7. The quantitative estimate of drug-likeness (QED) is 0.839. The lowest BCUT2D eigenvalue weighted by atomic mass is 9.78. The minimum atomic E-state index is -0.710. The smallest absolute Gasteiger partial charge is 0.252 e. The second kappa shape index (κ2) is 5.66. The number of nitrogens with one attached hydrogen (secondary N) is 2. The van der Waals surface area contributed by atoms with Crippen LogP contribution in [-0.4, -0.2) is 22.3 Å². The van der Waals surface area contributed by atoms with E-state index in [0.717, 1.165) is 41.8 Å². The predicted molar refractivity (Wildman–Crippen MR) is 108 cm³/mol. The molecule has 2 saturated carbocycles. The number of carbonyl (C=O) groups is 2. The van der Waals surface area contributed by atoms with Crippen LogP contribution in [0, 0.1) is 24.7 Å². The summed E-state index contributed by atoms with van der Waals surface area (Å²) >= 11 is 1.52. The second-order valence-corrected chi connectivity index (χ2v) is 10.1. The van der Waals surface area contributed by atoms with E-state index >= 15 is 0 Å². The molecule has 4 unspecified atom stereocenters. The van der Waals surface area contributed by atoms with Gasteiger partial charge in [-0.2, -0.15) is 0 Å². The fraction of sp³-hybridized carbons (Fsp3) is 0.500. The number of thiazole rings is 1. The first kappa shape index (κ1) is 16.7. The summed E-state index contributed by atoms with van der Waals surface area (Å²) in [6.07, 6.45) is 6.26. The van der Waals surface area contributed by atoms with Gasteiger partial charge in [-0.3, -0.25) is 14.9 Å². The Kier molecular flexibility index (Phi) is 3.38. The first-order valence-corrected chi connectivity index (χ1v) is 11.1. The highest BCUT2D eigenvalue weighted by atomic mass is 32.1. The third kappa shape index (κ3) is 2.21. The first-order chi connectivity index (χ1) is 13.5. The Labute approximate surface area is 167 Å². The van der Waals surface area contributed by atoms with Crippen LogP contribution in [-0.2, 0) is 22.4 Å². The average molecular weight is 394 g/mol. The van der Waals surface area contributed by atoms with Crippen molar-refractivity contribution in [2.24, 2.45) is 17.8 Å². The molecular weight excluding hydrogens is 370 g/mol. The van der Waals surface area contributed by atoms with Crippen LogP contribution < -0.4 is 10.6 Å². The van der Waals surface area contributed by atoms with Crippen LogP contribution in [0.2, 0.25) is 0 Å². The molecule has 6 rings (SSSR count). The maximum absolute atomic E-state index is 13.2. The van der Waals surface area contributed by atoms with Crippen molar-refractivity contribution in [3.05, 3.63) is 34.2 Å². The fourth-order valence-electron chi connectivity index (χ4n) is 6.17. The van der Waals surface area contributed by atoms with Crippen molar-refractivity contribution < 1.29 is 9.59 Å². The number of benzene rings is 1. The molecule has 2 N–H and O–H groups in total. The van der Waals surface area contributed by atoms with Crippen molar-refractivity contribution in [1.82, 2.24) is 10.3 Å². The van der Waals surface area contributed by atoms with Crippen LogP contribution in [0.3, 0.4) is 0 Å². The Morgan fingerprint density at radius 3 is 3.00 bits per heavy atom. The highest BCUT2D eigenvalue weighted by Gasteiger charge is 2.66. The van der Waals surface area contributed by atoms with Gasteiger partial charge in [-0.15, -0.1) is 11.3 Å². The maximum atomic E-state index is 13.2. The van der Waals surface area contributed by atoms with Crippen LogP contribution in [0.15, 0.2) is 18.2 Å². The van der Waals surface area contributed by atoms with Gasteiger partial charge in [0.15, 0.2) is 5.13 Å². The van der Waals surface area contributed by atoms with Crippen molar-refractivity contribution in [3.8, 4) is 11.3 Å². The molecule has 3 fully saturated rings. The van der Waals surface area contributed by atoms with E-state index in [1.54, 1.807) is 0 Å². The fourth-order valence-corrected chi connectivity index (χ4v) is 7.00. The van der Waals surface area contributed by atoms with Crippen LogP contribution in [0.4, 0.5) is 5.13 Å². The molecule has 1 aromatic heterocycles. The molecule has 4 atom stereocenters. The Balaban J connectivity index is 1.28. The number of hydrogen-bond acceptors (Lipinski definition) is 4. The van der Waals surface area contributed by atoms with Crippen molar-refractivity contribution in [3.63, 3.8) is 0 Å². The van der Waals surface area contributed by atoms with E-state index in [-0.39, 0.29) is 23.7 Å². The molecule has 6 heteroatoms. The van der Waals surface area contributed by atoms with E-state index < -0.39 is 5.54 Å². The summed E-state index contributed by atoms with van der Waals surface area (Å²) in [5.41, 5.74) is 4.25. The topological polar surface area (TPSA) is 71.1 Å². The molecule has 3 aliphatic carbocycles. The molecule has 28 heavy (non-hydrogen) atoms. The molecule has 0 radical (unpaired) electrons. The Hall–Kier alpha value is -2.21. The Morgan fingerprint density at radius 1 is 1.29 bits per heavy atom. The van der Waals surface area contributed by atoms with Crippen molar-refractivity contribution in [1.29, 1.82) is 0 Å². The van der Waals surface area contributed by atoms with E-state index in [0.29, 0.717) is 11.0 Å². The van der Waals surface area contributed by atoms with Crippen LogP contribution in [0.5, 0.6) is 0 Å². The summed E-state index contributed by atoms with van der Waals surface area (Å²) in [5, 5.41) is 6.73. The molecule has 2 heterocycles. The van der Waals surface area contributed by atoms with Crippen LogP contribution in [0.1, 0.15) is 41.7 Å². The summed E-state index contributed by atoms with van der Waals surface area (Å²) in [6.45, 7) is 2.05. The third-order valence-electron chi connectivity index (χ3n) is 7.38. The Bertz CT molecular complexity index is 1030. The van der Waals surface area contributed by atoms with Crippen molar-refractivity contribution in [2.45, 2.75) is 51.0 Å². The number of aryl methyl sites for hydroxylation is 3. The molecule has 1 saturated heterocycles. The molecule has 0 spiro atoms. The van der Waals surface area contributed by atoms with Gasteiger partial charge in [-0.05, 0) is 68.6 Å². The van der Waals surface area contributed by atoms with Gasteiger partial charge < -0.3 is 5.32 Å². The molecular formula is C22H23N3O2S. The third-order valence-corrected chi connectivity index (χ3v) is 8.27. The molecule has 144 valence electrons. The van der Waals surface area contributed by atoms with Gasteiger partial charge in [0.2, 0.25) is 5.91 Å². The number of hydrogen-bond donors (Lipinski definition) is 2. The SMILES string of the molecule is Cc1sc(NC(=O)C23CC4CC(C(=O)N2)C3C4)nc1-c1ccc2c(c1)CCC2. The minimum Gasteiger partial charge on any atom is -0.341 e. The maximum Gasteiger partial charge on any atom is 0.252 e. The largest absolute Gasteiger partial charge is 0.341 e. The highest BCUT2D eigenvalue weighted by Crippen LogP contribution is 2.58. The van der Waals surface area contributed by atoms with Gasteiger partial charge in [0, 0.05) is 22.3 Å². The van der Waals surface area contributed by atoms with E-state index in [2.05, 4.69) is 35.8 Å². The van der Waals surface area contributed by atoms with E-state index in [4.69, 9.17) is 4.98 Å². The normalized spacial score (nSPS) is 31.9. The highest BCUT2D eigenvalue weighted by molar-refractivity contribution is 7.16. The molecule has 5 nitrogen and oxygen atoms in total. The number of nitrogens with zero attached hydrogens (tertiary/aromatic N) is 1. The van der Waals surface area contributed by atoms with Gasteiger partial charge in [-0.1, -0.05) is 12.1 Å². The molecule has 2 bridgehead atoms. The molecule has 2 amide bonds. The molecule has 1 aliphatic heterocycles. The van der Waals surface area contributed by atoms with Gasteiger partial charge >= 0.3 is 0 Å². The number of amides is 2. The lowest BCUT2D eigenvalue weighted by molar-refractivity contribution is -0.126.